The lowest BCUT2D eigenvalue weighted by atomic mass is 10.3. The van der Waals surface area contributed by atoms with Gasteiger partial charge in [0.15, 0.2) is 11.7 Å². The molecular weight excluding hydrogens is 288 g/mol. The normalized spacial score (nSPS) is 11.8. The molecule has 0 saturated heterocycles. The van der Waals surface area contributed by atoms with Crippen molar-refractivity contribution in [2.24, 2.45) is 0 Å². The number of nitrogens with zero attached hydrogens (tertiary/aromatic N) is 1. The fourth-order valence-corrected chi connectivity index (χ4v) is 4.11. The lowest BCUT2D eigenvalue weighted by molar-refractivity contribution is 0.485. The van der Waals surface area contributed by atoms with E-state index in [1.54, 1.807) is 22.7 Å². The number of nitrogens with one attached hydrogen (secondary N) is 1. The number of aromatic nitrogens is 1. The molecule has 0 saturated carbocycles. The minimum Gasteiger partial charge on any atom is -0.440 e. The second-order valence-corrected chi connectivity index (χ2v) is 7.12. The summed E-state index contributed by atoms with van der Waals surface area (Å²) >= 11 is 3.54. The van der Waals surface area contributed by atoms with E-state index in [1.807, 2.05) is 6.20 Å². The number of fused-ring (bicyclic) bond motifs is 1. The molecule has 0 spiro atoms. The Kier molecular flexibility index (Phi) is 4.19. The van der Waals surface area contributed by atoms with Crippen LogP contribution < -0.4 is 5.32 Å². The minimum atomic E-state index is 0.536. The van der Waals surface area contributed by atoms with Gasteiger partial charge in [0.05, 0.1) is 11.1 Å². The van der Waals surface area contributed by atoms with Gasteiger partial charge in [-0.15, -0.1) is 22.7 Å². The van der Waals surface area contributed by atoms with E-state index in [0.717, 1.165) is 31.0 Å². The van der Waals surface area contributed by atoms with Gasteiger partial charge in [-0.25, -0.2) is 4.98 Å². The molecule has 3 rings (SSSR count). The molecule has 0 aliphatic heterocycles. The number of hydrogen-bond acceptors (Lipinski definition) is 5. The van der Waals surface area contributed by atoms with Crippen molar-refractivity contribution in [3.63, 3.8) is 0 Å². The van der Waals surface area contributed by atoms with Crippen molar-refractivity contribution in [3.05, 3.63) is 29.6 Å². The highest BCUT2D eigenvalue weighted by atomic mass is 32.1. The Morgan fingerprint density at radius 1 is 1.35 bits per heavy atom. The van der Waals surface area contributed by atoms with Crippen molar-refractivity contribution in [3.8, 4) is 10.6 Å². The van der Waals surface area contributed by atoms with Gasteiger partial charge in [0.25, 0.3) is 0 Å². The minimum absolute atomic E-state index is 0.536. The summed E-state index contributed by atoms with van der Waals surface area (Å²) in [6.07, 6.45) is 3.79. The van der Waals surface area contributed by atoms with E-state index in [-0.39, 0.29) is 0 Å². The molecule has 0 amide bonds. The number of rotatable bonds is 6. The Morgan fingerprint density at radius 3 is 3.05 bits per heavy atom. The van der Waals surface area contributed by atoms with Crippen molar-refractivity contribution in [1.29, 1.82) is 0 Å². The predicted molar refractivity (Wildman–Crippen MR) is 86.7 cm³/mol. The zero-order chi connectivity index (χ0) is 13.9. The van der Waals surface area contributed by atoms with Crippen molar-refractivity contribution >= 4 is 32.1 Å². The van der Waals surface area contributed by atoms with Crippen LogP contribution in [0.5, 0.6) is 0 Å². The number of aryl methyl sites for hydroxylation is 1. The van der Waals surface area contributed by atoms with E-state index in [9.17, 15) is 0 Å². The number of hydrogen-bond donors (Lipinski definition) is 1. The van der Waals surface area contributed by atoms with Crippen LogP contribution in [-0.4, -0.2) is 17.6 Å². The van der Waals surface area contributed by atoms with E-state index in [0.29, 0.717) is 6.04 Å². The second-order valence-electron chi connectivity index (χ2n) is 5.09. The fraction of sp³-hybridized carbons (Fsp3) is 0.400. The quantitative estimate of drug-likeness (QED) is 0.679. The lowest BCUT2D eigenvalue weighted by Crippen LogP contribution is -2.23. The molecule has 0 atom stereocenters. The first-order valence-corrected chi connectivity index (χ1v) is 8.57. The summed E-state index contributed by atoms with van der Waals surface area (Å²) in [6.45, 7) is 5.32. The zero-order valence-corrected chi connectivity index (χ0v) is 13.3. The highest BCUT2D eigenvalue weighted by molar-refractivity contribution is 7.28. The third-order valence-corrected chi connectivity index (χ3v) is 5.16. The zero-order valence-electron chi connectivity index (χ0n) is 11.7. The molecule has 0 aromatic carbocycles. The van der Waals surface area contributed by atoms with Gasteiger partial charge in [-0.1, -0.05) is 13.8 Å². The van der Waals surface area contributed by atoms with Crippen LogP contribution in [0.4, 0.5) is 0 Å². The molecule has 0 bridgehead atoms. The van der Waals surface area contributed by atoms with Gasteiger partial charge in [-0.05, 0) is 30.5 Å². The summed E-state index contributed by atoms with van der Waals surface area (Å²) in [5.41, 5.74) is 0. The van der Waals surface area contributed by atoms with Crippen LogP contribution >= 0.6 is 22.7 Å². The molecule has 3 heterocycles. The maximum Gasteiger partial charge on any atom is 0.194 e. The first-order valence-electron chi connectivity index (χ1n) is 6.88. The summed E-state index contributed by atoms with van der Waals surface area (Å²) in [5.74, 6) is 1.73. The summed E-state index contributed by atoms with van der Waals surface area (Å²) in [6, 6.07) is 4.88. The van der Waals surface area contributed by atoms with Crippen LogP contribution in [0.3, 0.4) is 0 Å². The molecule has 0 radical (unpaired) electrons. The largest absolute Gasteiger partial charge is 0.440 e. The molecule has 106 valence electrons. The molecule has 3 aromatic rings. The van der Waals surface area contributed by atoms with E-state index in [4.69, 9.17) is 4.42 Å². The van der Waals surface area contributed by atoms with Crippen molar-refractivity contribution < 1.29 is 4.42 Å². The molecule has 1 N–H and O–H groups in total. The third kappa shape index (κ3) is 3.11. The topological polar surface area (TPSA) is 38.1 Å². The van der Waals surface area contributed by atoms with Crippen LogP contribution in [0.1, 0.15) is 26.2 Å². The lowest BCUT2D eigenvalue weighted by Gasteiger charge is -2.05. The van der Waals surface area contributed by atoms with E-state index in [1.165, 1.54) is 14.3 Å². The predicted octanol–water partition coefficient (Wildman–Crippen LogP) is 4.55. The van der Waals surface area contributed by atoms with Gasteiger partial charge < -0.3 is 9.73 Å². The van der Waals surface area contributed by atoms with Gasteiger partial charge in [0, 0.05) is 21.9 Å². The van der Waals surface area contributed by atoms with Gasteiger partial charge in [-0.3, -0.25) is 0 Å². The molecule has 5 heteroatoms. The smallest absolute Gasteiger partial charge is 0.194 e. The van der Waals surface area contributed by atoms with Gasteiger partial charge in [0.2, 0.25) is 0 Å². The summed E-state index contributed by atoms with van der Waals surface area (Å²) in [4.78, 5) is 5.55. The van der Waals surface area contributed by atoms with Crippen molar-refractivity contribution in [2.75, 3.05) is 6.54 Å². The van der Waals surface area contributed by atoms with Gasteiger partial charge in [-0.2, -0.15) is 0 Å². The molecular formula is C15H18N2OS2. The Balaban J connectivity index is 1.63. The number of thiophene rings is 2. The van der Waals surface area contributed by atoms with Crippen molar-refractivity contribution in [2.45, 2.75) is 32.7 Å². The van der Waals surface area contributed by atoms with E-state index in [2.05, 4.69) is 41.7 Å². The monoisotopic (exact) mass is 306 g/mol. The van der Waals surface area contributed by atoms with E-state index >= 15 is 0 Å². The first-order chi connectivity index (χ1) is 9.72. The van der Waals surface area contributed by atoms with Crippen LogP contribution in [0.2, 0.25) is 0 Å². The first kappa shape index (κ1) is 13.8. The summed E-state index contributed by atoms with van der Waals surface area (Å²) in [7, 11) is 0. The Hall–Kier alpha value is -1.17. The highest BCUT2D eigenvalue weighted by Crippen LogP contribution is 2.36. The average Bonchev–Trinajstić information content (AvgIpc) is 3.08. The van der Waals surface area contributed by atoms with Crippen LogP contribution in [0.25, 0.3) is 20.0 Å². The Morgan fingerprint density at radius 2 is 2.25 bits per heavy atom. The standard InChI is InChI=1S/C15H18N2OS2/c1-10(2)16-6-3-4-15-17-9-11(18-15)13-8-14-12(20-13)5-7-19-14/h5,7-10,16H,3-4,6H2,1-2H3. The van der Waals surface area contributed by atoms with Gasteiger partial charge in [0.1, 0.15) is 0 Å². The molecule has 3 nitrogen and oxygen atoms in total. The molecule has 0 aliphatic rings. The van der Waals surface area contributed by atoms with Crippen LogP contribution in [-0.2, 0) is 6.42 Å². The molecule has 3 aromatic heterocycles. The average molecular weight is 306 g/mol. The maximum absolute atomic E-state index is 5.85. The molecule has 20 heavy (non-hydrogen) atoms. The Labute approximate surface area is 126 Å². The maximum atomic E-state index is 5.85. The molecule has 0 unspecified atom stereocenters. The van der Waals surface area contributed by atoms with Crippen LogP contribution in [0.15, 0.2) is 28.1 Å². The number of oxazole rings is 1. The SMILES string of the molecule is CC(C)NCCCc1ncc(-c2cc3sccc3s2)o1. The van der Waals surface area contributed by atoms with E-state index < -0.39 is 0 Å². The molecule has 0 aliphatic carbocycles. The summed E-state index contributed by atoms with van der Waals surface area (Å²) in [5, 5.41) is 5.53. The third-order valence-electron chi connectivity index (χ3n) is 3.06. The van der Waals surface area contributed by atoms with Crippen LogP contribution in [0, 0.1) is 0 Å². The molecule has 0 fully saturated rings. The fourth-order valence-electron chi connectivity index (χ4n) is 2.06. The van der Waals surface area contributed by atoms with Gasteiger partial charge >= 0.3 is 0 Å². The summed E-state index contributed by atoms with van der Waals surface area (Å²) < 4.78 is 8.50. The highest BCUT2D eigenvalue weighted by Gasteiger charge is 2.10. The second kappa shape index (κ2) is 6.08. The Bertz CT molecular complexity index is 652. The van der Waals surface area contributed by atoms with Crippen molar-refractivity contribution in [1.82, 2.24) is 10.3 Å².